The fourth-order valence-electron chi connectivity index (χ4n) is 1.69. The van der Waals surface area contributed by atoms with Gasteiger partial charge in [0.2, 0.25) is 0 Å². The topological polar surface area (TPSA) is 98.1 Å². The first-order chi connectivity index (χ1) is 8.47. The second kappa shape index (κ2) is 9.85. The number of aliphatic hydroxyl groups is 1. The number of nitrogens with zero attached hydrogens (tertiary/aromatic N) is 1. The lowest BCUT2D eigenvalue weighted by Gasteiger charge is -2.23. The molecule has 6 heteroatoms. The van der Waals surface area contributed by atoms with Crippen LogP contribution in [0.1, 0.15) is 32.6 Å². The van der Waals surface area contributed by atoms with Crippen molar-refractivity contribution in [3.8, 4) is 0 Å². The van der Waals surface area contributed by atoms with Crippen LogP contribution in [-0.4, -0.2) is 58.4 Å². The third-order valence-corrected chi connectivity index (χ3v) is 2.73. The third kappa shape index (κ3) is 8.95. The maximum Gasteiger partial charge on any atom is 0.307 e. The summed E-state index contributed by atoms with van der Waals surface area (Å²) in [5.74, 6) is -2.10. The van der Waals surface area contributed by atoms with Crippen molar-refractivity contribution in [2.45, 2.75) is 32.6 Å². The number of unbranched alkanes of at least 4 members (excludes halogenated alkanes) is 2. The summed E-state index contributed by atoms with van der Waals surface area (Å²) >= 11 is 0. The standard InChI is InChI=1S/C12H23NO5/c1-10(12(17)18)9-13(7-8-14)6-4-2-3-5-11(15)16/h10,14H,2-9H2,1H3,(H,15,16)(H,17,18). The molecule has 6 nitrogen and oxygen atoms in total. The minimum atomic E-state index is -0.844. The molecule has 0 saturated heterocycles. The number of aliphatic hydroxyl groups excluding tert-OH is 1. The van der Waals surface area contributed by atoms with E-state index in [1.165, 1.54) is 0 Å². The smallest absolute Gasteiger partial charge is 0.307 e. The summed E-state index contributed by atoms with van der Waals surface area (Å²) in [4.78, 5) is 22.9. The molecule has 18 heavy (non-hydrogen) atoms. The van der Waals surface area contributed by atoms with Gasteiger partial charge < -0.3 is 20.2 Å². The van der Waals surface area contributed by atoms with Gasteiger partial charge in [-0.05, 0) is 19.4 Å². The summed E-state index contributed by atoms with van der Waals surface area (Å²) in [6, 6.07) is 0. The molecule has 3 N–H and O–H groups in total. The van der Waals surface area contributed by atoms with Crippen LogP contribution in [0.2, 0.25) is 0 Å². The molecule has 0 saturated carbocycles. The Labute approximate surface area is 107 Å². The van der Waals surface area contributed by atoms with Gasteiger partial charge >= 0.3 is 11.9 Å². The van der Waals surface area contributed by atoms with Crippen molar-refractivity contribution in [3.63, 3.8) is 0 Å². The van der Waals surface area contributed by atoms with Gasteiger partial charge in [0, 0.05) is 19.5 Å². The van der Waals surface area contributed by atoms with Crippen LogP contribution in [0.3, 0.4) is 0 Å². The molecule has 0 fully saturated rings. The molecule has 0 heterocycles. The number of aliphatic carboxylic acids is 2. The Morgan fingerprint density at radius 3 is 2.28 bits per heavy atom. The molecule has 0 aliphatic rings. The lowest BCUT2D eigenvalue weighted by molar-refractivity contribution is -0.142. The lowest BCUT2D eigenvalue weighted by Crippen LogP contribution is -2.34. The Balaban J connectivity index is 3.82. The van der Waals surface area contributed by atoms with Crippen LogP contribution >= 0.6 is 0 Å². The Kier molecular flexibility index (Phi) is 9.22. The van der Waals surface area contributed by atoms with Gasteiger partial charge in [0.1, 0.15) is 0 Å². The molecule has 0 amide bonds. The number of carbonyl (C=O) groups is 2. The van der Waals surface area contributed by atoms with E-state index in [1.807, 2.05) is 4.90 Å². The first-order valence-electron chi connectivity index (χ1n) is 6.25. The summed E-state index contributed by atoms with van der Waals surface area (Å²) in [6.07, 6.45) is 2.43. The molecule has 0 aromatic rings. The molecule has 1 unspecified atom stereocenters. The fraction of sp³-hybridized carbons (Fsp3) is 0.833. The number of carboxylic acids is 2. The van der Waals surface area contributed by atoms with Gasteiger partial charge in [-0.2, -0.15) is 0 Å². The molecule has 0 aliphatic carbocycles. The molecule has 0 aromatic heterocycles. The molecule has 0 bridgehead atoms. The van der Waals surface area contributed by atoms with Gasteiger partial charge in [-0.1, -0.05) is 13.3 Å². The molecule has 0 spiro atoms. The SMILES string of the molecule is CC(CN(CCO)CCCCCC(=O)O)C(=O)O. The minimum absolute atomic E-state index is 0.00145. The van der Waals surface area contributed by atoms with Crippen molar-refractivity contribution in [2.24, 2.45) is 5.92 Å². The van der Waals surface area contributed by atoms with Crippen molar-refractivity contribution >= 4 is 11.9 Å². The maximum absolute atomic E-state index is 10.7. The Bertz CT molecular complexity index is 257. The van der Waals surface area contributed by atoms with Crippen LogP contribution < -0.4 is 0 Å². The second-order valence-corrected chi connectivity index (χ2v) is 4.47. The van der Waals surface area contributed by atoms with Crippen molar-refractivity contribution in [3.05, 3.63) is 0 Å². The van der Waals surface area contributed by atoms with Crippen LogP contribution in [0.15, 0.2) is 0 Å². The normalized spacial score (nSPS) is 12.6. The van der Waals surface area contributed by atoms with E-state index >= 15 is 0 Å². The zero-order valence-electron chi connectivity index (χ0n) is 10.8. The van der Waals surface area contributed by atoms with E-state index in [-0.39, 0.29) is 13.0 Å². The molecular formula is C12H23NO5. The van der Waals surface area contributed by atoms with Gasteiger partial charge in [0.25, 0.3) is 0 Å². The Morgan fingerprint density at radius 2 is 1.78 bits per heavy atom. The van der Waals surface area contributed by atoms with Crippen LogP contribution in [-0.2, 0) is 9.59 Å². The van der Waals surface area contributed by atoms with Crippen molar-refractivity contribution in [2.75, 3.05) is 26.2 Å². The molecular weight excluding hydrogens is 238 g/mol. The average molecular weight is 261 g/mol. The summed E-state index contributed by atoms with van der Waals surface area (Å²) in [5.41, 5.74) is 0. The average Bonchev–Trinajstić information content (AvgIpc) is 2.28. The van der Waals surface area contributed by atoms with Crippen LogP contribution in [0.4, 0.5) is 0 Å². The summed E-state index contributed by atoms with van der Waals surface area (Å²) in [7, 11) is 0. The number of hydrogen-bond acceptors (Lipinski definition) is 4. The summed E-state index contributed by atoms with van der Waals surface area (Å²) in [6.45, 7) is 3.20. The van der Waals surface area contributed by atoms with E-state index < -0.39 is 17.9 Å². The highest BCUT2D eigenvalue weighted by atomic mass is 16.4. The highest BCUT2D eigenvalue weighted by molar-refractivity contribution is 5.69. The van der Waals surface area contributed by atoms with Crippen molar-refractivity contribution in [1.82, 2.24) is 4.90 Å². The summed E-state index contributed by atoms with van der Waals surface area (Å²) in [5, 5.41) is 26.2. The lowest BCUT2D eigenvalue weighted by atomic mass is 10.1. The van der Waals surface area contributed by atoms with Crippen LogP contribution in [0.25, 0.3) is 0 Å². The zero-order valence-corrected chi connectivity index (χ0v) is 10.8. The second-order valence-electron chi connectivity index (χ2n) is 4.47. The molecule has 0 aliphatic heterocycles. The van der Waals surface area contributed by atoms with Crippen molar-refractivity contribution < 1.29 is 24.9 Å². The molecule has 0 rings (SSSR count). The van der Waals surface area contributed by atoms with E-state index in [0.29, 0.717) is 26.1 Å². The molecule has 1 atom stereocenters. The van der Waals surface area contributed by atoms with Gasteiger partial charge in [-0.15, -0.1) is 0 Å². The van der Waals surface area contributed by atoms with Crippen LogP contribution in [0.5, 0.6) is 0 Å². The Morgan fingerprint density at radius 1 is 1.11 bits per heavy atom. The first-order valence-corrected chi connectivity index (χ1v) is 6.25. The Hall–Kier alpha value is -1.14. The zero-order chi connectivity index (χ0) is 14.0. The monoisotopic (exact) mass is 261 g/mol. The van der Waals surface area contributed by atoms with E-state index in [9.17, 15) is 9.59 Å². The number of carboxylic acid groups (broad SMARTS) is 2. The molecule has 106 valence electrons. The number of rotatable bonds is 11. The van der Waals surface area contributed by atoms with E-state index in [2.05, 4.69) is 0 Å². The largest absolute Gasteiger partial charge is 0.481 e. The van der Waals surface area contributed by atoms with E-state index in [0.717, 1.165) is 12.8 Å². The maximum atomic E-state index is 10.7. The molecule has 0 radical (unpaired) electrons. The van der Waals surface area contributed by atoms with Gasteiger partial charge in [0.05, 0.1) is 12.5 Å². The minimum Gasteiger partial charge on any atom is -0.481 e. The fourth-order valence-corrected chi connectivity index (χ4v) is 1.69. The van der Waals surface area contributed by atoms with Crippen molar-refractivity contribution in [1.29, 1.82) is 0 Å². The highest BCUT2D eigenvalue weighted by Gasteiger charge is 2.15. The molecule has 0 aromatic carbocycles. The summed E-state index contributed by atoms with van der Waals surface area (Å²) < 4.78 is 0. The van der Waals surface area contributed by atoms with Gasteiger partial charge in [0.15, 0.2) is 0 Å². The first kappa shape index (κ1) is 16.9. The van der Waals surface area contributed by atoms with Gasteiger partial charge in [-0.3, -0.25) is 9.59 Å². The number of hydrogen-bond donors (Lipinski definition) is 3. The predicted molar refractivity (Wildman–Crippen MR) is 66.4 cm³/mol. The highest BCUT2D eigenvalue weighted by Crippen LogP contribution is 2.05. The predicted octanol–water partition coefficient (Wildman–Crippen LogP) is 0.646. The van der Waals surface area contributed by atoms with Crippen LogP contribution in [0, 0.1) is 5.92 Å². The quantitative estimate of drug-likeness (QED) is 0.472. The van der Waals surface area contributed by atoms with E-state index in [1.54, 1.807) is 6.92 Å². The third-order valence-electron chi connectivity index (χ3n) is 2.73. The van der Waals surface area contributed by atoms with Gasteiger partial charge in [-0.25, -0.2) is 0 Å². The van der Waals surface area contributed by atoms with E-state index in [4.69, 9.17) is 15.3 Å².